The summed E-state index contributed by atoms with van der Waals surface area (Å²) in [6.07, 6.45) is 0. The van der Waals surface area contributed by atoms with Crippen LogP contribution in [0.4, 0.5) is 34.1 Å². The van der Waals surface area contributed by atoms with Gasteiger partial charge < -0.3 is 14.4 Å². The standard InChI is InChI=1S/C60H41N3/c1-3-20-46(21-4-1)61(50-36-38-60-56(41-50)55-27-13-14-28-58(55)62(60)47-22-5-2-6-23-47)48-33-31-44(32-34-48)51-37-39-59(54-26-12-11-25-53(51)54)63(49-35-30-42-16-7-8-18-45(42)40-49)57-29-15-19-43-17-9-10-24-52(43)57/h1-41H. The molecule has 11 aromatic carbocycles. The molecule has 3 nitrogen and oxygen atoms in total. The second kappa shape index (κ2) is 15.3. The lowest BCUT2D eigenvalue weighted by Gasteiger charge is -2.29. The summed E-state index contributed by atoms with van der Waals surface area (Å²) < 4.78 is 2.37. The van der Waals surface area contributed by atoms with Gasteiger partial charge in [0.05, 0.1) is 22.4 Å². The quantitative estimate of drug-likeness (QED) is 0.152. The molecule has 0 saturated carbocycles. The molecule has 0 spiro atoms. The van der Waals surface area contributed by atoms with Crippen molar-refractivity contribution in [2.75, 3.05) is 9.80 Å². The smallest absolute Gasteiger partial charge is 0.0542 e. The van der Waals surface area contributed by atoms with Crippen LogP contribution in [0.15, 0.2) is 249 Å². The topological polar surface area (TPSA) is 11.4 Å². The molecular weight excluding hydrogens is 763 g/mol. The van der Waals surface area contributed by atoms with Gasteiger partial charge >= 0.3 is 0 Å². The van der Waals surface area contributed by atoms with E-state index in [2.05, 4.69) is 263 Å². The van der Waals surface area contributed by atoms with Gasteiger partial charge in [-0.2, -0.15) is 0 Å². The van der Waals surface area contributed by atoms with Crippen molar-refractivity contribution in [3.05, 3.63) is 249 Å². The molecule has 12 rings (SSSR count). The van der Waals surface area contributed by atoms with Crippen molar-refractivity contribution in [2.24, 2.45) is 0 Å². The number of fused-ring (bicyclic) bond motifs is 6. The number of hydrogen-bond donors (Lipinski definition) is 0. The van der Waals surface area contributed by atoms with E-state index in [9.17, 15) is 0 Å². The van der Waals surface area contributed by atoms with Gasteiger partial charge in [-0.15, -0.1) is 0 Å². The summed E-state index contributed by atoms with van der Waals surface area (Å²) in [6, 6.07) is 90.2. The lowest BCUT2D eigenvalue weighted by molar-refractivity contribution is 1.18. The van der Waals surface area contributed by atoms with Crippen molar-refractivity contribution in [2.45, 2.75) is 0 Å². The Hall–Kier alpha value is -8.40. The summed E-state index contributed by atoms with van der Waals surface area (Å²) >= 11 is 0. The number of hydrogen-bond acceptors (Lipinski definition) is 2. The van der Waals surface area contributed by atoms with Crippen molar-refractivity contribution < 1.29 is 0 Å². The zero-order chi connectivity index (χ0) is 41.7. The van der Waals surface area contributed by atoms with E-state index in [0.717, 1.165) is 39.8 Å². The Morgan fingerprint density at radius 2 is 0.825 bits per heavy atom. The van der Waals surface area contributed by atoms with Crippen molar-refractivity contribution in [3.8, 4) is 16.8 Å². The third kappa shape index (κ3) is 6.29. The maximum atomic E-state index is 2.44. The number of nitrogens with zero attached hydrogens (tertiary/aromatic N) is 3. The Bertz CT molecular complexity index is 3620. The van der Waals surface area contributed by atoms with E-state index >= 15 is 0 Å². The molecule has 0 unspecified atom stereocenters. The minimum atomic E-state index is 1.09. The maximum absolute atomic E-state index is 2.44. The average Bonchev–Trinajstić information content (AvgIpc) is 3.69. The first-order valence-corrected chi connectivity index (χ1v) is 21.6. The number of aromatic nitrogens is 1. The van der Waals surface area contributed by atoms with Crippen LogP contribution in [0.1, 0.15) is 0 Å². The molecular formula is C60H41N3. The summed E-state index contributed by atoms with van der Waals surface area (Å²) in [7, 11) is 0. The molecule has 0 aliphatic rings. The van der Waals surface area contributed by atoms with E-state index in [4.69, 9.17) is 0 Å². The molecule has 63 heavy (non-hydrogen) atoms. The van der Waals surface area contributed by atoms with Gasteiger partial charge in [0.1, 0.15) is 0 Å². The van der Waals surface area contributed by atoms with Crippen LogP contribution in [0.5, 0.6) is 0 Å². The first-order valence-electron chi connectivity index (χ1n) is 21.6. The van der Waals surface area contributed by atoms with E-state index in [0.29, 0.717) is 0 Å². The van der Waals surface area contributed by atoms with Gasteiger partial charge in [-0.05, 0) is 118 Å². The largest absolute Gasteiger partial charge is 0.310 e. The Morgan fingerprint density at radius 1 is 0.270 bits per heavy atom. The summed E-state index contributed by atoms with van der Waals surface area (Å²) in [6.45, 7) is 0. The lowest BCUT2D eigenvalue weighted by atomic mass is 9.95. The summed E-state index contributed by atoms with van der Waals surface area (Å²) in [5, 5.41) is 9.71. The van der Waals surface area contributed by atoms with Crippen LogP contribution in [-0.4, -0.2) is 4.57 Å². The fraction of sp³-hybridized carbons (Fsp3) is 0. The predicted molar refractivity (Wildman–Crippen MR) is 268 cm³/mol. The van der Waals surface area contributed by atoms with E-state index in [1.54, 1.807) is 0 Å². The molecule has 0 radical (unpaired) electrons. The van der Waals surface area contributed by atoms with Gasteiger partial charge in [0.25, 0.3) is 0 Å². The molecule has 0 aliphatic carbocycles. The Kier molecular flexibility index (Phi) is 8.83. The maximum Gasteiger partial charge on any atom is 0.0542 e. The first-order chi connectivity index (χ1) is 31.3. The third-order valence-corrected chi connectivity index (χ3v) is 12.5. The van der Waals surface area contributed by atoms with Crippen LogP contribution in [0.25, 0.3) is 70.9 Å². The molecule has 1 aromatic heterocycles. The molecule has 0 fully saturated rings. The number of rotatable bonds is 8. The SMILES string of the molecule is c1ccc(N(c2ccc(-c3ccc(N(c4ccc5ccccc5c4)c4cccc5ccccc45)c4ccccc34)cc2)c2ccc3c(c2)c2ccccc2n3-c2ccccc2)cc1. The predicted octanol–water partition coefficient (Wildman–Crippen LogP) is 16.8. The van der Waals surface area contributed by atoms with E-state index < -0.39 is 0 Å². The van der Waals surface area contributed by atoms with Crippen LogP contribution < -0.4 is 9.80 Å². The molecule has 12 aromatic rings. The van der Waals surface area contributed by atoms with Gasteiger partial charge in [0.2, 0.25) is 0 Å². The second-order valence-electron chi connectivity index (χ2n) is 16.2. The highest BCUT2D eigenvalue weighted by Crippen LogP contribution is 2.46. The van der Waals surface area contributed by atoms with Crippen molar-refractivity contribution >= 4 is 88.2 Å². The van der Waals surface area contributed by atoms with Crippen molar-refractivity contribution in [1.29, 1.82) is 0 Å². The molecule has 0 amide bonds. The highest BCUT2D eigenvalue weighted by atomic mass is 15.1. The van der Waals surface area contributed by atoms with Crippen LogP contribution in [0.3, 0.4) is 0 Å². The highest BCUT2D eigenvalue weighted by molar-refractivity contribution is 6.12. The van der Waals surface area contributed by atoms with Crippen LogP contribution in [0, 0.1) is 0 Å². The van der Waals surface area contributed by atoms with Crippen LogP contribution in [-0.2, 0) is 0 Å². The normalized spacial score (nSPS) is 11.5. The van der Waals surface area contributed by atoms with E-state index in [1.165, 1.54) is 65.3 Å². The molecule has 0 atom stereocenters. The summed E-state index contributed by atoms with van der Waals surface area (Å²) in [5.74, 6) is 0. The van der Waals surface area contributed by atoms with Crippen LogP contribution >= 0.6 is 0 Å². The molecule has 0 bridgehead atoms. The van der Waals surface area contributed by atoms with Crippen molar-refractivity contribution in [1.82, 2.24) is 4.57 Å². The van der Waals surface area contributed by atoms with Gasteiger partial charge in [-0.3, -0.25) is 0 Å². The Morgan fingerprint density at radius 3 is 1.63 bits per heavy atom. The second-order valence-corrected chi connectivity index (χ2v) is 16.2. The monoisotopic (exact) mass is 803 g/mol. The fourth-order valence-corrected chi connectivity index (χ4v) is 9.63. The number of para-hydroxylation sites is 3. The van der Waals surface area contributed by atoms with E-state index in [1.807, 2.05) is 0 Å². The zero-order valence-electron chi connectivity index (χ0n) is 34.5. The number of benzene rings is 11. The van der Waals surface area contributed by atoms with Gasteiger partial charge in [-0.1, -0.05) is 164 Å². The highest BCUT2D eigenvalue weighted by Gasteiger charge is 2.21. The van der Waals surface area contributed by atoms with Gasteiger partial charge in [0, 0.05) is 50.0 Å². The number of anilines is 6. The summed E-state index contributed by atoms with van der Waals surface area (Å²) in [4.78, 5) is 4.81. The first kappa shape index (κ1) is 36.5. The van der Waals surface area contributed by atoms with Gasteiger partial charge in [0.15, 0.2) is 0 Å². The molecule has 3 heteroatoms. The zero-order valence-corrected chi connectivity index (χ0v) is 34.5. The van der Waals surface area contributed by atoms with Gasteiger partial charge in [-0.25, -0.2) is 0 Å². The van der Waals surface area contributed by atoms with E-state index in [-0.39, 0.29) is 0 Å². The lowest BCUT2D eigenvalue weighted by Crippen LogP contribution is -2.11. The summed E-state index contributed by atoms with van der Waals surface area (Å²) in [5.41, 5.74) is 12.6. The molecule has 0 N–H and O–H groups in total. The Balaban J connectivity index is 0.979. The molecule has 0 saturated heterocycles. The fourth-order valence-electron chi connectivity index (χ4n) is 9.63. The minimum absolute atomic E-state index is 1.09. The molecule has 0 aliphatic heterocycles. The van der Waals surface area contributed by atoms with Crippen molar-refractivity contribution in [3.63, 3.8) is 0 Å². The third-order valence-electron chi connectivity index (χ3n) is 12.5. The molecule has 296 valence electrons. The minimum Gasteiger partial charge on any atom is -0.310 e. The molecule has 1 heterocycles. The average molecular weight is 804 g/mol. The Labute approximate surface area is 366 Å². The van der Waals surface area contributed by atoms with Crippen LogP contribution in [0.2, 0.25) is 0 Å².